The lowest BCUT2D eigenvalue weighted by Gasteiger charge is -2.12. The number of anilines is 1. The minimum absolute atomic E-state index is 0.0302. The summed E-state index contributed by atoms with van der Waals surface area (Å²) in [5.41, 5.74) is 1.55. The molecule has 0 saturated heterocycles. The SMILES string of the molecule is COc1ccc(CNc2ccc(C#N)c(F)c2)c(OC)c1. The van der Waals surface area contributed by atoms with E-state index >= 15 is 0 Å². The molecule has 108 valence electrons. The number of ether oxygens (including phenoxy) is 2. The third-order valence-corrected chi connectivity index (χ3v) is 3.07. The van der Waals surface area contributed by atoms with Crippen molar-refractivity contribution in [3.05, 3.63) is 53.3 Å². The molecule has 1 N–H and O–H groups in total. The van der Waals surface area contributed by atoms with Crippen LogP contribution in [0, 0.1) is 17.1 Å². The van der Waals surface area contributed by atoms with E-state index in [0.29, 0.717) is 23.7 Å². The summed E-state index contributed by atoms with van der Waals surface area (Å²) in [5, 5.41) is 11.8. The van der Waals surface area contributed by atoms with E-state index in [4.69, 9.17) is 14.7 Å². The van der Waals surface area contributed by atoms with Gasteiger partial charge in [-0.3, -0.25) is 0 Å². The zero-order valence-electron chi connectivity index (χ0n) is 11.8. The zero-order chi connectivity index (χ0) is 15.2. The van der Waals surface area contributed by atoms with Crippen LogP contribution < -0.4 is 14.8 Å². The van der Waals surface area contributed by atoms with Crippen LogP contribution in [0.15, 0.2) is 36.4 Å². The average molecular weight is 286 g/mol. The Morgan fingerprint density at radius 1 is 1.14 bits per heavy atom. The van der Waals surface area contributed by atoms with Crippen molar-refractivity contribution in [1.82, 2.24) is 0 Å². The number of nitrogens with zero attached hydrogens (tertiary/aromatic N) is 1. The van der Waals surface area contributed by atoms with E-state index in [1.54, 1.807) is 32.4 Å². The molecule has 0 unspecified atom stereocenters. The first-order chi connectivity index (χ1) is 10.2. The summed E-state index contributed by atoms with van der Waals surface area (Å²) in [6, 6.07) is 11.7. The van der Waals surface area contributed by atoms with E-state index < -0.39 is 5.82 Å². The van der Waals surface area contributed by atoms with E-state index in [9.17, 15) is 4.39 Å². The highest BCUT2D eigenvalue weighted by molar-refractivity contribution is 5.50. The van der Waals surface area contributed by atoms with Gasteiger partial charge < -0.3 is 14.8 Å². The molecule has 2 rings (SSSR count). The maximum atomic E-state index is 13.5. The van der Waals surface area contributed by atoms with Crippen molar-refractivity contribution in [2.45, 2.75) is 6.54 Å². The summed E-state index contributed by atoms with van der Waals surface area (Å²) in [5.74, 6) is 0.861. The Morgan fingerprint density at radius 3 is 2.57 bits per heavy atom. The average Bonchev–Trinajstić information content (AvgIpc) is 2.52. The van der Waals surface area contributed by atoms with Crippen LogP contribution in [0.25, 0.3) is 0 Å². The lowest BCUT2D eigenvalue weighted by atomic mass is 10.1. The Bertz CT molecular complexity index is 680. The lowest BCUT2D eigenvalue weighted by molar-refractivity contribution is 0.391. The van der Waals surface area contributed by atoms with Crippen molar-refractivity contribution in [2.75, 3.05) is 19.5 Å². The van der Waals surface area contributed by atoms with E-state index in [1.165, 1.54) is 12.1 Å². The number of hydrogen-bond acceptors (Lipinski definition) is 4. The Hall–Kier alpha value is -2.74. The molecule has 0 radical (unpaired) electrons. The standard InChI is InChI=1S/C16H15FN2O2/c1-20-14-6-4-12(16(8-14)21-2)10-19-13-5-3-11(9-18)15(17)7-13/h3-8,19H,10H2,1-2H3. The maximum Gasteiger partial charge on any atom is 0.143 e. The fourth-order valence-corrected chi connectivity index (χ4v) is 1.91. The predicted octanol–water partition coefficient (Wildman–Crippen LogP) is 3.33. The molecule has 4 nitrogen and oxygen atoms in total. The second kappa shape index (κ2) is 6.62. The van der Waals surface area contributed by atoms with E-state index in [2.05, 4.69) is 5.32 Å². The number of benzene rings is 2. The van der Waals surface area contributed by atoms with Crippen LogP contribution >= 0.6 is 0 Å². The van der Waals surface area contributed by atoms with Gasteiger partial charge in [-0.25, -0.2) is 4.39 Å². The van der Waals surface area contributed by atoms with Crippen LogP contribution in [0.5, 0.6) is 11.5 Å². The molecule has 2 aromatic carbocycles. The highest BCUT2D eigenvalue weighted by Crippen LogP contribution is 2.25. The van der Waals surface area contributed by atoms with Gasteiger partial charge in [-0.2, -0.15) is 5.26 Å². The molecule has 0 fully saturated rings. The Labute approximate surface area is 122 Å². The number of halogens is 1. The summed E-state index contributed by atoms with van der Waals surface area (Å²) in [6.07, 6.45) is 0. The van der Waals surface area contributed by atoms with Gasteiger partial charge in [0, 0.05) is 23.9 Å². The van der Waals surface area contributed by atoms with Crippen molar-refractivity contribution in [3.63, 3.8) is 0 Å². The first-order valence-electron chi connectivity index (χ1n) is 6.32. The van der Waals surface area contributed by atoms with Gasteiger partial charge in [0.2, 0.25) is 0 Å². The molecule has 21 heavy (non-hydrogen) atoms. The number of nitriles is 1. The summed E-state index contributed by atoms with van der Waals surface area (Å²) in [7, 11) is 3.17. The highest BCUT2D eigenvalue weighted by Gasteiger charge is 2.06. The van der Waals surface area contributed by atoms with Crippen LogP contribution in [0.3, 0.4) is 0 Å². The first-order valence-corrected chi connectivity index (χ1v) is 6.32. The number of rotatable bonds is 5. The Kier molecular flexibility index (Phi) is 4.62. The van der Waals surface area contributed by atoms with Gasteiger partial charge in [-0.15, -0.1) is 0 Å². The molecule has 2 aromatic rings. The van der Waals surface area contributed by atoms with Gasteiger partial charge in [0.05, 0.1) is 19.8 Å². The minimum Gasteiger partial charge on any atom is -0.497 e. The van der Waals surface area contributed by atoms with Gasteiger partial charge in [0.1, 0.15) is 23.4 Å². The molecular weight excluding hydrogens is 271 g/mol. The van der Waals surface area contributed by atoms with Crippen LogP contribution in [0.1, 0.15) is 11.1 Å². The van der Waals surface area contributed by atoms with Gasteiger partial charge in [-0.1, -0.05) is 0 Å². The molecule has 0 spiro atoms. The summed E-state index contributed by atoms with van der Waals surface area (Å²) < 4.78 is 24.0. The predicted molar refractivity (Wildman–Crippen MR) is 78.0 cm³/mol. The second-order valence-corrected chi connectivity index (χ2v) is 4.34. The van der Waals surface area contributed by atoms with Crippen molar-refractivity contribution in [1.29, 1.82) is 5.26 Å². The van der Waals surface area contributed by atoms with Gasteiger partial charge in [0.15, 0.2) is 0 Å². The summed E-state index contributed by atoms with van der Waals surface area (Å²) in [4.78, 5) is 0. The van der Waals surface area contributed by atoms with Crippen LogP contribution in [0.4, 0.5) is 10.1 Å². The fourth-order valence-electron chi connectivity index (χ4n) is 1.91. The molecule has 0 atom stereocenters. The molecule has 0 aromatic heterocycles. The molecular formula is C16H15FN2O2. The van der Waals surface area contributed by atoms with E-state index in [0.717, 1.165) is 5.56 Å². The van der Waals surface area contributed by atoms with Gasteiger partial charge in [0.25, 0.3) is 0 Å². The van der Waals surface area contributed by atoms with Crippen molar-refractivity contribution >= 4 is 5.69 Å². The van der Waals surface area contributed by atoms with Crippen LogP contribution in [-0.2, 0) is 6.54 Å². The number of hydrogen-bond donors (Lipinski definition) is 1. The summed E-state index contributed by atoms with van der Waals surface area (Å²) >= 11 is 0. The molecule has 0 aliphatic carbocycles. The van der Waals surface area contributed by atoms with Gasteiger partial charge in [-0.05, 0) is 30.3 Å². The van der Waals surface area contributed by atoms with Crippen molar-refractivity contribution < 1.29 is 13.9 Å². The minimum atomic E-state index is -0.538. The molecule has 5 heteroatoms. The molecule has 0 aliphatic rings. The second-order valence-electron chi connectivity index (χ2n) is 4.34. The quantitative estimate of drug-likeness (QED) is 0.916. The Balaban J connectivity index is 2.13. The molecule has 0 aliphatic heterocycles. The van der Waals surface area contributed by atoms with Gasteiger partial charge >= 0.3 is 0 Å². The third kappa shape index (κ3) is 3.42. The van der Waals surface area contributed by atoms with Crippen molar-refractivity contribution in [3.8, 4) is 17.6 Å². The highest BCUT2D eigenvalue weighted by atomic mass is 19.1. The summed E-state index contributed by atoms with van der Waals surface area (Å²) in [6.45, 7) is 0.471. The molecule has 0 heterocycles. The zero-order valence-corrected chi connectivity index (χ0v) is 11.8. The van der Waals surface area contributed by atoms with E-state index in [1.807, 2.05) is 12.1 Å². The number of nitrogens with one attached hydrogen (secondary N) is 1. The Morgan fingerprint density at radius 2 is 1.95 bits per heavy atom. The monoisotopic (exact) mass is 286 g/mol. The largest absolute Gasteiger partial charge is 0.497 e. The smallest absolute Gasteiger partial charge is 0.143 e. The molecule has 0 bridgehead atoms. The lowest BCUT2D eigenvalue weighted by Crippen LogP contribution is -2.02. The fraction of sp³-hybridized carbons (Fsp3) is 0.188. The first kappa shape index (κ1) is 14.7. The van der Waals surface area contributed by atoms with Crippen molar-refractivity contribution in [2.24, 2.45) is 0 Å². The topological polar surface area (TPSA) is 54.3 Å². The normalized spacial score (nSPS) is 9.81. The molecule has 0 saturated carbocycles. The van der Waals surface area contributed by atoms with Crippen LogP contribution in [0.2, 0.25) is 0 Å². The number of methoxy groups -OCH3 is 2. The van der Waals surface area contributed by atoms with E-state index in [-0.39, 0.29) is 5.56 Å². The third-order valence-electron chi connectivity index (χ3n) is 3.07. The molecule has 0 amide bonds. The van der Waals surface area contributed by atoms with Crippen LogP contribution in [-0.4, -0.2) is 14.2 Å². The maximum absolute atomic E-state index is 13.5.